The van der Waals surface area contributed by atoms with E-state index in [9.17, 15) is 4.79 Å². The minimum atomic E-state index is -0.105. The summed E-state index contributed by atoms with van der Waals surface area (Å²) >= 11 is 0. The summed E-state index contributed by atoms with van der Waals surface area (Å²) in [5.74, 6) is 0. The summed E-state index contributed by atoms with van der Waals surface area (Å²) in [6.07, 6.45) is 3.30. The van der Waals surface area contributed by atoms with E-state index < -0.39 is 0 Å². The average molecular weight is 179 g/mol. The Morgan fingerprint density at radius 1 is 1.69 bits per heavy atom. The van der Waals surface area contributed by atoms with Gasteiger partial charge >= 0.3 is 0 Å². The van der Waals surface area contributed by atoms with Crippen molar-refractivity contribution in [3.05, 3.63) is 35.3 Å². The number of hydrogen-bond donors (Lipinski definition) is 0. The van der Waals surface area contributed by atoms with Crippen LogP contribution in [0, 0.1) is 0 Å². The Hall–Kier alpha value is -1.58. The molecule has 0 aromatic carbocycles. The van der Waals surface area contributed by atoms with E-state index in [1.54, 1.807) is 18.3 Å². The molecule has 0 atom stereocenters. The van der Waals surface area contributed by atoms with Gasteiger partial charge in [0, 0.05) is 20.2 Å². The number of allylic oxidation sites excluding steroid dienone is 1. The van der Waals surface area contributed by atoms with E-state index in [4.69, 9.17) is 0 Å². The highest BCUT2D eigenvalue weighted by molar-refractivity contribution is 5.40. The molecule has 0 fully saturated rings. The van der Waals surface area contributed by atoms with Crippen LogP contribution in [-0.4, -0.2) is 23.9 Å². The fraction of sp³-hybridized carbons (Fsp3) is 0.333. The van der Waals surface area contributed by atoms with Crippen LogP contribution in [0.5, 0.6) is 0 Å². The van der Waals surface area contributed by atoms with Crippen LogP contribution in [0.3, 0.4) is 0 Å². The fourth-order valence-corrected chi connectivity index (χ4v) is 0.928. The number of hydrogen-bond acceptors (Lipinski definition) is 3. The Morgan fingerprint density at radius 3 is 2.85 bits per heavy atom. The molecular formula is C9H13N3O. The molecule has 0 saturated carbocycles. The van der Waals surface area contributed by atoms with E-state index in [0.29, 0.717) is 6.54 Å². The molecule has 1 aromatic heterocycles. The third-order valence-electron chi connectivity index (χ3n) is 1.67. The van der Waals surface area contributed by atoms with Gasteiger partial charge in [0.2, 0.25) is 0 Å². The van der Waals surface area contributed by atoms with E-state index in [1.165, 1.54) is 4.68 Å². The maximum Gasteiger partial charge on any atom is 0.269 e. The predicted molar refractivity (Wildman–Crippen MR) is 53.0 cm³/mol. The molecule has 1 aromatic rings. The van der Waals surface area contributed by atoms with Crippen molar-refractivity contribution in [1.82, 2.24) is 9.78 Å². The first-order chi connectivity index (χ1) is 6.15. The maximum atomic E-state index is 11.4. The van der Waals surface area contributed by atoms with E-state index in [-0.39, 0.29) is 5.56 Å². The molecule has 0 amide bonds. The van der Waals surface area contributed by atoms with Crippen molar-refractivity contribution in [3.63, 3.8) is 0 Å². The monoisotopic (exact) mass is 179 g/mol. The molecular weight excluding hydrogens is 166 g/mol. The minimum Gasteiger partial charge on any atom is -0.376 e. The molecule has 0 spiro atoms. The summed E-state index contributed by atoms with van der Waals surface area (Å²) < 4.78 is 1.36. The molecule has 0 radical (unpaired) electrons. The van der Waals surface area contributed by atoms with E-state index in [2.05, 4.69) is 11.7 Å². The SMILES string of the molecule is C=CCn1ncc(N(C)C)cc1=O. The Morgan fingerprint density at radius 2 is 2.38 bits per heavy atom. The van der Waals surface area contributed by atoms with Gasteiger partial charge in [0.05, 0.1) is 18.4 Å². The standard InChI is InChI=1S/C9H13N3O/c1-4-5-12-9(13)6-8(7-10-12)11(2)3/h4,6-7H,1,5H2,2-3H3. The molecule has 0 bridgehead atoms. The van der Waals surface area contributed by atoms with Crippen LogP contribution >= 0.6 is 0 Å². The highest BCUT2D eigenvalue weighted by Crippen LogP contribution is 2.02. The summed E-state index contributed by atoms with van der Waals surface area (Å²) in [6.45, 7) is 4.00. The Bertz CT molecular complexity index is 354. The smallest absolute Gasteiger partial charge is 0.269 e. The van der Waals surface area contributed by atoms with Gasteiger partial charge in [-0.15, -0.1) is 6.58 Å². The van der Waals surface area contributed by atoms with Crippen molar-refractivity contribution < 1.29 is 0 Å². The minimum absolute atomic E-state index is 0.105. The first-order valence-corrected chi connectivity index (χ1v) is 4.00. The Labute approximate surface area is 77.1 Å². The number of rotatable bonds is 3. The van der Waals surface area contributed by atoms with Crippen molar-refractivity contribution >= 4 is 5.69 Å². The van der Waals surface area contributed by atoms with E-state index >= 15 is 0 Å². The summed E-state index contributed by atoms with van der Waals surface area (Å²) in [4.78, 5) is 13.2. The second-order valence-electron chi connectivity index (χ2n) is 2.92. The lowest BCUT2D eigenvalue weighted by Gasteiger charge is -2.11. The number of aromatic nitrogens is 2. The van der Waals surface area contributed by atoms with Crippen LogP contribution in [0.15, 0.2) is 29.7 Å². The molecule has 0 unspecified atom stereocenters. The fourth-order valence-electron chi connectivity index (χ4n) is 0.928. The quantitative estimate of drug-likeness (QED) is 0.634. The zero-order valence-electron chi connectivity index (χ0n) is 7.90. The van der Waals surface area contributed by atoms with Crippen LogP contribution in [0.25, 0.3) is 0 Å². The molecule has 0 N–H and O–H groups in total. The second-order valence-corrected chi connectivity index (χ2v) is 2.92. The molecule has 0 aliphatic carbocycles. The zero-order valence-corrected chi connectivity index (χ0v) is 7.90. The van der Waals surface area contributed by atoms with Gasteiger partial charge in [-0.05, 0) is 0 Å². The van der Waals surface area contributed by atoms with Crippen LogP contribution in [0.2, 0.25) is 0 Å². The molecule has 0 aliphatic rings. The van der Waals surface area contributed by atoms with Crippen molar-refractivity contribution in [3.8, 4) is 0 Å². The highest BCUT2D eigenvalue weighted by atomic mass is 16.1. The zero-order chi connectivity index (χ0) is 9.84. The average Bonchev–Trinajstić information content (AvgIpc) is 2.08. The lowest BCUT2D eigenvalue weighted by molar-refractivity contribution is 0.651. The topological polar surface area (TPSA) is 38.1 Å². The first-order valence-electron chi connectivity index (χ1n) is 4.00. The molecule has 0 saturated heterocycles. The number of anilines is 1. The van der Waals surface area contributed by atoms with Crippen molar-refractivity contribution in [1.29, 1.82) is 0 Å². The van der Waals surface area contributed by atoms with Gasteiger partial charge in [0.25, 0.3) is 5.56 Å². The normalized spacial score (nSPS) is 9.69. The Balaban J connectivity index is 3.05. The molecule has 4 heteroatoms. The van der Waals surface area contributed by atoms with Gasteiger partial charge in [0.15, 0.2) is 0 Å². The lowest BCUT2D eigenvalue weighted by Crippen LogP contribution is -2.23. The second kappa shape index (κ2) is 3.89. The highest BCUT2D eigenvalue weighted by Gasteiger charge is 1.99. The maximum absolute atomic E-state index is 11.4. The molecule has 70 valence electrons. The molecule has 4 nitrogen and oxygen atoms in total. The molecule has 1 heterocycles. The number of nitrogens with zero attached hydrogens (tertiary/aromatic N) is 3. The van der Waals surface area contributed by atoms with Gasteiger partial charge < -0.3 is 4.90 Å². The van der Waals surface area contributed by atoms with Crippen molar-refractivity contribution in [2.45, 2.75) is 6.54 Å². The van der Waals surface area contributed by atoms with Gasteiger partial charge in [-0.2, -0.15) is 5.10 Å². The molecule has 1 rings (SSSR count). The van der Waals surface area contributed by atoms with Crippen molar-refractivity contribution in [2.75, 3.05) is 19.0 Å². The lowest BCUT2D eigenvalue weighted by atomic mass is 10.4. The van der Waals surface area contributed by atoms with Gasteiger partial charge in [0.1, 0.15) is 0 Å². The third-order valence-corrected chi connectivity index (χ3v) is 1.67. The summed E-state index contributed by atoms with van der Waals surface area (Å²) in [5.41, 5.74) is 0.705. The molecule has 13 heavy (non-hydrogen) atoms. The van der Waals surface area contributed by atoms with E-state index in [1.807, 2.05) is 19.0 Å². The summed E-state index contributed by atoms with van der Waals surface area (Å²) in [7, 11) is 3.74. The van der Waals surface area contributed by atoms with E-state index in [0.717, 1.165) is 5.69 Å². The summed E-state index contributed by atoms with van der Waals surface area (Å²) in [5, 5.41) is 3.98. The summed E-state index contributed by atoms with van der Waals surface area (Å²) in [6, 6.07) is 1.55. The largest absolute Gasteiger partial charge is 0.376 e. The third kappa shape index (κ3) is 2.18. The van der Waals surface area contributed by atoms with Crippen molar-refractivity contribution in [2.24, 2.45) is 0 Å². The van der Waals surface area contributed by atoms with Gasteiger partial charge in [-0.3, -0.25) is 4.79 Å². The van der Waals surface area contributed by atoms with Gasteiger partial charge in [-0.1, -0.05) is 6.08 Å². The first kappa shape index (κ1) is 9.51. The van der Waals surface area contributed by atoms with Crippen LogP contribution in [0.1, 0.15) is 0 Å². The Kier molecular flexibility index (Phi) is 2.84. The molecule has 0 aliphatic heterocycles. The van der Waals surface area contributed by atoms with Crippen LogP contribution in [0.4, 0.5) is 5.69 Å². The van der Waals surface area contributed by atoms with Crippen LogP contribution < -0.4 is 10.5 Å². The van der Waals surface area contributed by atoms with Gasteiger partial charge in [-0.25, -0.2) is 4.68 Å². The predicted octanol–water partition coefficient (Wildman–Crippen LogP) is 0.495. The van der Waals surface area contributed by atoms with Crippen LogP contribution in [-0.2, 0) is 6.54 Å².